The molecule has 2 heterocycles. The van der Waals surface area contributed by atoms with E-state index in [2.05, 4.69) is 4.98 Å². The molecular weight excluding hydrogens is 420 g/mol. The van der Waals surface area contributed by atoms with Crippen LogP contribution in [0, 0.1) is 5.92 Å². The quantitative estimate of drug-likeness (QED) is 0.627. The average molecular weight is 446 g/mol. The summed E-state index contributed by atoms with van der Waals surface area (Å²) in [5.74, 6) is -0.285. The molecule has 11 heteroatoms. The minimum Gasteiger partial charge on any atom is -0.497 e. The molecule has 0 spiro atoms. The number of nitrogens with zero attached hydrogens (tertiary/aromatic N) is 2. The van der Waals surface area contributed by atoms with Crippen molar-refractivity contribution in [1.29, 1.82) is 0 Å². The van der Waals surface area contributed by atoms with Gasteiger partial charge in [-0.15, -0.1) is 0 Å². The number of hydrogen-bond donors (Lipinski definition) is 2. The molecule has 1 aliphatic heterocycles. The molecule has 3 N–H and O–H groups in total. The van der Waals surface area contributed by atoms with Crippen LogP contribution in [0.3, 0.4) is 0 Å². The zero-order valence-electron chi connectivity index (χ0n) is 17.3. The van der Waals surface area contributed by atoms with Gasteiger partial charge in [0.25, 0.3) is 5.56 Å². The van der Waals surface area contributed by atoms with Crippen molar-refractivity contribution in [1.82, 2.24) is 14.5 Å². The van der Waals surface area contributed by atoms with Gasteiger partial charge in [-0.1, -0.05) is 0 Å². The van der Waals surface area contributed by atoms with Crippen LogP contribution in [-0.2, 0) is 4.74 Å². The number of alkyl halides is 4. The van der Waals surface area contributed by atoms with Gasteiger partial charge in [-0.05, 0) is 44.2 Å². The van der Waals surface area contributed by atoms with Crippen LogP contribution in [0.1, 0.15) is 38.6 Å². The van der Waals surface area contributed by atoms with E-state index in [9.17, 15) is 22.8 Å². The molecule has 1 saturated carbocycles. The van der Waals surface area contributed by atoms with E-state index in [1.807, 2.05) is 0 Å². The third kappa shape index (κ3) is 3.93. The topological polar surface area (TPSA) is 93.3 Å². The molecule has 0 bridgehead atoms. The second-order valence-electron chi connectivity index (χ2n) is 8.71. The second-order valence-corrected chi connectivity index (χ2v) is 8.71. The lowest BCUT2D eigenvalue weighted by atomic mass is 9.94. The predicted molar refractivity (Wildman–Crippen MR) is 105 cm³/mol. The third-order valence-corrected chi connectivity index (χ3v) is 6.59. The monoisotopic (exact) mass is 446 g/mol. The number of halogens is 4. The number of methoxy groups -OCH3 is 1. The maximum Gasteiger partial charge on any atom is 0.390 e. The Labute approximate surface area is 175 Å². The smallest absolute Gasteiger partial charge is 0.390 e. The van der Waals surface area contributed by atoms with E-state index >= 15 is 4.39 Å². The Morgan fingerprint density at radius 3 is 2.52 bits per heavy atom. The summed E-state index contributed by atoms with van der Waals surface area (Å²) < 4.78 is 60.9. The Morgan fingerprint density at radius 2 is 1.94 bits per heavy atom. The van der Waals surface area contributed by atoms with Gasteiger partial charge < -0.3 is 10.5 Å². The molecule has 7 nitrogen and oxygen atoms in total. The minimum absolute atomic E-state index is 0.0941. The number of ether oxygens (including phenoxy) is 1. The number of aromatic nitrogens is 2. The fourth-order valence-electron chi connectivity index (χ4n) is 4.91. The van der Waals surface area contributed by atoms with Gasteiger partial charge in [0, 0.05) is 18.6 Å². The van der Waals surface area contributed by atoms with Crippen molar-refractivity contribution in [2.45, 2.75) is 63.1 Å². The SMILES string of the molecule is COC1=c2c(c(=O)[nH]c(=O)n2C2CC2)=C(C)C(F)C1N1CCC(C(N)CC(F)(F)F)C1. The third-order valence-electron chi connectivity index (χ3n) is 6.59. The number of likely N-dealkylation sites (tertiary alicyclic amines) is 1. The van der Waals surface area contributed by atoms with Gasteiger partial charge in [0.15, 0.2) is 0 Å². The van der Waals surface area contributed by atoms with E-state index in [0.29, 0.717) is 13.0 Å². The molecule has 0 amide bonds. The van der Waals surface area contributed by atoms with Crippen LogP contribution in [0.25, 0.3) is 11.3 Å². The van der Waals surface area contributed by atoms with Crippen LogP contribution in [0.4, 0.5) is 17.6 Å². The number of aromatic amines is 1. The Kier molecular flexibility index (Phi) is 5.53. The van der Waals surface area contributed by atoms with Crippen LogP contribution in [-0.4, -0.2) is 59.1 Å². The molecule has 2 aliphatic carbocycles. The van der Waals surface area contributed by atoms with Crippen molar-refractivity contribution in [3.8, 4) is 0 Å². The van der Waals surface area contributed by atoms with Crippen molar-refractivity contribution in [2.24, 2.45) is 11.7 Å². The summed E-state index contributed by atoms with van der Waals surface area (Å²) in [4.78, 5) is 29.1. The summed E-state index contributed by atoms with van der Waals surface area (Å²) >= 11 is 0. The van der Waals surface area contributed by atoms with E-state index in [1.54, 1.807) is 4.90 Å². The highest BCUT2D eigenvalue weighted by atomic mass is 19.4. The molecule has 1 saturated heterocycles. The Morgan fingerprint density at radius 1 is 1.26 bits per heavy atom. The molecule has 172 valence electrons. The zero-order chi connectivity index (χ0) is 22.7. The Hall–Kier alpha value is -2.14. The highest BCUT2D eigenvalue weighted by Crippen LogP contribution is 2.35. The molecule has 4 atom stereocenters. The van der Waals surface area contributed by atoms with E-state index < -0.39 is 48.0 Å². The summed E-state index contributed by atoms with van der Waals surface area (Å²) in [6, 6.07) is -2.12. The van der Waals surface area contributed by atoms with Crippen LogP contribution < -0.4 is 27.6 Å². The van der Waals surface area contributed by atoms with Gasteiger partial charge in [0.2, 0.25) is 0 Å². The van der Waals surface area contributed by atoms with Gasteiger partial charge in [0.1, 0.15) is 18.0 Å². The lowest BCUT2D eigenvalue weighted by Gasteiger charge is -2.35. The van der Waals surface area contributed by atoms with Gasteiger partial charge in [-0.3, -0.25) is 19.2 Å². The molecule has 4 rings (SSSR count). The first-order chi connectivity index (χ1) is 14.5. The predicted octanol–water partition coefficient (Wildman–Crippen LogP) is 0.119. The van der Waals surface area contributed by atoms with Crippen molar-refractivity contribution in [3.05, 3.63) is 31.4 Å². The van der Waals surface area contributed by atoms with E-state index in [0.717, 1.165) is 12.8 Å². The van der Waals surface area contributed by atoms with Crippen molar-refractivity contribution >= 4 is 11.3 Å². The van der Waals surface area contributed by atoms with E-state index in [1.165, 1.54) is 18.6 Å². The molecular formula is C20H26F4N4O3. The first-order valence-electron chi connectivity index (χ1n) is 10.4. The van der Waals surface area contributed by atoms with Gasteiger partial charge >= 0.3 is 11.9 Å². The van der Waals surface area contributed by atoms with Crippen LogP contribution in [0.5, 0.6) is 0 Å². The normalized spacial score (nSPS) is 28.0. The summed E-state index contributed by atoms with van der Waals surface area (Å²) in [7, 11) is 1.35. The Bertz CT molecular complexity index is 1110. The summed E-state index contributed by atoms with van der Waals surface area (Å²) in [6.45, 7) is 2.02. The van der Waals surface area contributed by atoms with Gasteiger partial charge in [0.05, 0.1) is 24.1 Å². The van der Waals surface area contributed by atoms with Gasteiger partial charge in [-0.25, -0.2) is 9.18 Å². The van der Waals surface area contributed by atoms with Gasteiger partial charge in [-0.2, -0.15) is 13.2 Å². The summed E-state index contributed by atoms with van der Waals surface area (Å²) in [5, 5.41) is 0.370. The highest BCUT2D eigenvalue weighted by molar-refractivity contribution is 5.60. The average Bonchev–Trinajstić information content (AvgIpc) is 3.37. The highest BCUT2D eigenvalue weighted by Gasteiger charge is 2.44. The van der Waals surface area contributed by atoms with E-state index in [-0.39, 0.29) is 34.5 Å². The molecule has 0 aromatic carbocycles. The van der Waals surface area contributed by atoms with E-state index in [4.69, 9.17) is 10.5 Å². The zero-order valence-corrected chi connectivity index (χ0v) is 17.3. The van der Waals surface area contributed by atoms with Crippen LogP contribution in [0.2, 0.25) is 0 Å². The number of fused-ring (bicyclic) bond motifs is 1. The molecule has 31 heavy (non-hydrogen) atoms. The molecule has 3 aliphatic rings. The van der Waals surface area contributed by atoms with Crippen LogP contribution >= 0.6 is 0 Å². The van der Waals surface area contributed by atoms with Crippen molar-refractivity contribution < 1.29 is 22.3 Å². The van der Waals surface area contributed by atoms with Crippen molar-refractivity contribution in [2.75, 3.05) is 20.2 Å². The second kappa shape index (κ2) is 7.77. The maximum absolute atomic E-state index is 15.6. The van der Waals surface area contributed by atoms with Crippen LogP contribution in [0.15, 0.2) is 9.59 Å². The Balaban J connectivity index is 1.79. The molecule has 2 fully saturated rings. The first-order valence-corrected chi connectivity index (χ1v) is 10.4. The fourth-order valence-corrected chi connectivity index (χ4v) is 4.91. The summed E-state index contributed by atoms with van der Waals surface area (Å²) in [6.07, 6.45) is -5.15. The largest absolute Gasteiger partial charge is 0.497 e. The number of hydrogen-bond acceptors (Lipinski definition) is 5. The first kappa shape index (κ1) is 22.1. The van der Waals surface area contributed by atoms with Crippen molar-refractivity contribution in [3.63, 3.8) is 0 Å². The molecule has 4 unspecified atom stereocenters. The molecule has 0 radical (unpaired) electrons. The maximum atomic E-state index is 15.6. The lowest BCUT2D eigenvalue weighted by molar-refractivity contribution is -0.140. The number of rotatable bonds is 5. The minimum atomic E-state index is -4.37. The standard InChI is InChI=1S/C20H26F4N4O3/c1-9-13-15(28(11-3-4-11)19(30)26-18(13)29)17(31-2)16(14(9)21)27-6-5-10(8-27)12(25)7-20(22,23)24/h10-12,14,16H,3-8,25H2,1-2H3,(H,26,29,30). The molecule has 1 aromatic heterocycles. The number of nitrogens with one attached hydrogen (secondary N) is 1. The summed E-state index contributed by atoms with van der Waals surface area (Å²) in [5.41, 5.74) is 4.74. The fraction of sp³-hybridized carbons (Fsp3) is 0.700. The lowest BCUT2D eigenvalue weighted by Crippen LogP contribution is -2.62. The number of H-pyrrole nitrogens is 1. The number of nitrogens with two attached hydrogens (primary N) is 1. The molecule has 1 aromatic rings.